The highest BCUT2D eigenvalue weighted by Crippen LogP contribution is 2.52. The zero-order valence-electron chi connectivity index (χ0n) is 14.1. The lowest BCUT2D eigenvalue weighted by atomic mass is 9.60. The minimum atomic E-state index is -0.815. The lowest BCUT2D eigenvalue weighted by Gasteiger charge is -2.43. The highest BCUT2D eigenvalue weighted by molar-refractivity contribution is 6.30. The van der Waals surface area contributed by atoms with Crippen molar-refractivity contribution in [2.75, 3.05) is 0 Å². The predicted molar refractivity (Wildman–Crippen MR) is 100 cm³/mol. The average Bonchev–Trinajstić information content (AvgIpc) is 2.82. The summed E-state index contributed by atoms with van der Waals surface area (Å²) in [6.45, 7) is 2.04. The molecule has 1 aliphatic rings. The van der Waals surface area contributed by atoms with Gasteiger partial charge in [-0.25, -0.2) is 0 Å². The van der Waals surface area contributed by atoms with Gasteiger partial charge in [0.15, 0.2) is 0 Å². The Hall–Kier alpha value is -2.26. The number of aromatic nitrogens is 1. The highest BCUT2D eigenvalue weighted by atomic mass is 35.5. The Morgan fingerprint density at radius 3 is 2.44 bits per heavy atom. The molecule has 0 saturated heterocycles. The number of benzene rings is 2. The number of hydrogen-bond donors (Lipinski definition) is 1. The molecule has 1 fully saturated rings. The molecule has 1 aliphatic carbocycles. The number of fused-ring (bicyclic) bond motifs is 1. The van der Waals surface area contributed by atoms with Crippen LogP contribution in [0.25, 0.3) is 10.9 Å². The van der Waals surface area contributed by atoms with Crippen molar-refractivity contribution >= 4 is 28.5 Å². The van der Waals surface area contributed by atoms with Gasteiger partial charge in [0.1, 0.15) is 6.54 Å². The van der Waals surface area contributed by atoms with Gasteiger partial charge in [-0.15, -0.1) is 0 Å². The Morgan fingerprint density at radius 2 is 1.84 bits per heavy atom. The number of halogens is 1. The summed E-state index contributed by atoms with van der Waals surface area (Å²) in [6, 6.07) is 16.3. The fourth-order valence-electron chi connectivity index (χ4n) is 4.36. The van der Waals surface area contributed by atoms with Gasteiger partial charge in [0.05, 0.1) is 0 Å². The van der Waals surface area contributed by atoms with E-state index in [9.17, 15) is 9.90 Å². The number of carboxylic acids is 1. The molecule has 3 aromatic rings. The molecule has 128 valence electrons. The van der Waals surface area contributed by atoms with Crippen molar-refractivity contribution in [2.24, 2.45) is 0 Å². The molecular formula is C21H20ClNO2. The highest BCUT2D eigenvalue weighted by Gasteiger charge is 2.43. The fourth-order valence-corrected chi connectivity index (χ4v) is 4.48. The Kier molecular flexibility index (Phi) is 3.84. The van der Waals surface area contributed by atoms with Gasteiger partial charge in [-0.05, 0) is 49.1 Å². The van der Waals surface area contributed by atoms with E-state index >= 15 is 0 Å². The number of para-hydroxylation sites is 1. The van der Waals surface area contributed by atoms with Crippen LogP contribution in [0.3, 0.4) is 0 Å². The molecule has 0 amide bonds. The normalized spacial score (nSPS) is 15.9. The number of carbonyl (C=O) groups is 1. The standard InChI is InChI=1S/C21H20ClNO2/c1-14-20(17-5-2-3-6-18(17)23(14)13-19(24)25)21(11-4-12-21)15-7-9-16(22)10-8-15/h2-3,5-10H,4,11-13H2,1H3,(H,24,25). The van der Waals surface area contributed by atoms with Crippen LogP contribution in [0.1, 0.15) is 36.1 Å². The first-order valence-electron chi connectivity index (χ1n) is 8.59. The van der Waals surface area contributed by atoms with Crippen molar-refractivity contribution in [2.45, 2.75) is 38.1 Å². The van der Waals surface area contributed by atoms with Crippen LogP contribution in [0.2, 0.25) is 5.02 Å². The van der Waals surface area contributed by atoms with E-state index in [4.69, 9.17) is 11.6 Å². The van der Waals surface area contributed by atoms with Gasteiger partial charge < -0.3 is 9.67 Å². The number of carboxylic acid groups (broad SMARTS) is 1. The molecule has 0 bridgehead atoms. The maximum absolute atomic E-state index is 11.4. The maximum Gasteiger partial charge on any atom is 0.323 e. The monoisotopic (exact) mass is 353 g/mol. The van der Waals surface area contributed by atoms with E-state index < -0.39 is 5.97 Å². The van der Waals surface area contributed by atoms with Crippen molar-refractivity contribution in [1.82, 2.24) is 4.57 Å². The molecular weight excluding hydrogens is 334 g/mol. The van der Waals surface area contributed by atoms with E-state index in [1.807, 2.05) is 41.8 Å². The van der Waals surface area contributed by atoms with Crippen molar-refractivity contribution in [1.29, 1.82) is 0 Å². The SMILES string of the molecule is Cc1c(C2(c3ccc(Cl)cc3)CCC2)c2ccccc2n1CC(=O)O. The largest absolute Gasteiger partial charge is 0.480 e. The quantitative estimate of drug-likeness (QED) is 0.704. The van der Waals surface area contributed by atoms with Crippen molar-refractivity contribution in [3.05, 3.63) is 70.4 Å². The van der Waals surface area contributed by atoms with Crippen molar-refractivity contribution in [3.63, 3.8) is 0 Å². The third-order valence-electron chi connectivity index (χ3n) is 5.61. The van der Waals surface area contributed by atoms with E-state index in [-0.39, 0.29) is 12.0 Å². The lowest BCUT2D eigenvalue weighted by Crippen LogP contribution is -2.36. The maximum atomic E-state index is 11.4. The second kappa shape index (κ2) is 5.92. The zero-order valence-corrected chi connectivity index (χ0v) is 14.9. The third-order valence-corrected chi connectivity index (χ3v) is 5.86. The van der Waals surface area contributed by atoms with Crippen LogP contribution in [0.5, 0.6) is 0 Å². The molecule has 2 aromatic carbocycles. The van der Waals surface area contributed by atoms with E-state index in [0.29, 0.717) is 0 Å². The van der Waals surface area contributed by atoms with Crippen LogP contribution >= 0.6 is 11.6 Å². The van der Waals surface area contributed by atoms with E-state index in [1.165, 1.54) is 17.5 Å². The minimum Gasteiger partial charge on any atom is -0.480 e. The zero-order chi connectivity index (χ0) is 17.6. The Balaban J connectivity index is 1.98. The molecule has 4 heteroatoms. The van der Waals surface area contributed by atoms with Gasteiger partial charge >= 0.3 is 5.97 Å². The van der Waals surface area contributed by atoms with Crippen molar-refractivity contribution < 1.29 is 9.90 Å². The Bertz CT molecular complexity index is 952. The summed E-state index contributed by atoms with van der Waals surface area (Å²) < 4.78 is 1.93. The van der Waals surface area contributed by atoms with Gasteiger partial charge in [-0.3, -0.25) is 4.79 Å². The summed E-state index contributed by atoms with van der Waals surface area (Å²) >= 11 is 6.09. The van der Waals surface area contributed by atoms with E-state index in [2.05, 4.69) is 18.2 Å². The first-order valence-corrected chi connectivity index (χ1v) is 8.97. The van der Waals surface area contributed by atoms with Crippen molar-refractivity contribution in [3.8, 4) is 0 Å². The fraction of sp³-hybridized carbons (Fsp3) is 0.286. The lowest BCUT2D eigenvalue weighted by molar-refractivity contribution is -0.137. The van der Waals surface area contributed by atoms with Crippen LogP contribution in [0.15, 0.2) is 48.5 Å². The molecule has 0 spiro atoms. The molecule has 1 N–H and O–H groups in total. The van der Waals surface area contributed by atoms with Crippen LogP contribution in [0, 0.1) is 6.92 Å². The molecule has 4 rings (SSSR count). The molecule has 0 unspecified atom stereocenters. The van der Waals surface area contributed by atoms with E-state index in [0.717, 1.165) is 34.5 Å². The van der Waals surface area contributed by atoms with Crippen LogP contribution in [0.4, 0.5) is 0 Å². The van der Waals surface area contributed by atoms with Gasteiger partial charge in [0.25, 0.3) is 0 Å². The Labute approximate surface area is 151 Å². The number of aliphatic carboxylic acids is 1. The summed E-state index contributed by atoms with van der Waals surface area (Å²) in [5.41, 5.74) is 4.55. The molecule has 0 radical (unpaired) electrons. The molecule has 0 aliphatic heterocycles. The van der Waals surface area contributed by atoms with Crippen LogP contribution in [-0.2, 0) is 16.8 Å². The number of nitrogens with zero attached hydrogens (tertiary/aromatic N) is 1. The summed E-state index contributed by atoms with van der Waals surface area (Å²) in [5.74, 6) is -0.815. The van der Waals surface area contributed by atoms with Gasteiger partial charge in [-0.2, -0.15) is 0 Å². The third kappa shape index (κ3) is 2.46. The molecule has 25 heavy (non-hydrogen) atoms. The molecule has 3 nitrogen and oxygen atoms in total. The second-order valence-corrected chi connectivity index (χ2v) is 7.34. The van der Waals surface area contributed by atoms with Crippen LogP contribution in [-0.4, -0.2) is 15.6 Å². The first kappa shape index (κ1) is 16.2. The smallest absolute Gasteiger partial charge is 0.323 e. The first-order chi connectivity index (χ1) is 12.0. The molecule has 1 saturated carbocycles. The summed E-state index contributed by atoms with van der Waals surface area (Å²) in [6.07, 6.45) is 3.34. The summed E-state index contributed by atoms with van der Waals surface area (Å²) in [4.78, 5) is 11.4. The van der Waals surface area contributed by atoms with Crippen LogP contribution < -0.4 is 0 Å². The minimum absolute atomic E-state index is 0.0109. The molecule has 1 aromatic heterocycles. The summed E-state index contributed by atoms with van der Waals surface area (Å²) in [5, 5.41) is 11.2. The molecule has 0 atom stereocenters. The number of hydrogen-bond acceptors (Lipinski definition) is 1. The van der Waals surface area contributed by atoms with Gasteiger partial charge in [0, 0.05) is 27.0 Å². The number of rotatable bonds is 4. The average molecular weight is 354 g/mol. The predicted octanol–water partition coefficient (Wildman–Crippen LogP) is 5.16. The topological polar surface area (TPSA) is 42.2 Å². The second-order valence-electron chi connectivity index (χ2n) is 6.90. The molecule has 1 heterocycles. The van der Waals surface area contributed by atoms with E-state index in [1.54, 1.807) is 0 Å². The summed E-state index contributed by atoms with van der Waals surface area (Å²) in [7, 11) is 0. The van der Waals surface area contributed by atoms with Gasteiger partial charge in [0.2, 0.25) is 0 Å². The van der Waals surface area contributed by atoms with Gasteiger partial charge in [-0.1, -0.05) is 48.4 Å². The Morgan fingerprint density at radius 1 is 1.16 bits per heavy atom.